The molecule has 0 radical (unpaired) electrons. The third-order valence-electron chi connectivity index (χ3n) is 6.57. The van der Waals surface area contributed by atoms with Gasteiger partial charge in [-0.05, 0) is 48.1 Å². The molecule has 6 heteroatoms. The van der Waals surface area contributed by atoms with Gasteiger partial charge in [-0.1, -0.05) is 61.2 Å². The summed E-state index contributed by atoms with van der Waals surface area (Å²) in [6, 6.07) is 16.9. The average molecular weight is 448 g/mol. The maximum absolute atomic E-state index is 10.9. The molecule has 5 nitrogen and oxygen atoms in total. The van der Waals surface area contributed by atoms with Crippen LogP contribution < -0.4 is 0 Å². The number of aromatic amines is 1. The molecule has 32 heavy (non-hydrogen) atoms. The number of hydrogen-bond donors (Lipinski definition) is 2. The third-order valence-corrected chi connectivity index (χ3v) is 6.87. The Hall–Kier alpha value is -3.05. The predicted octanol–water partition coefficient (Wildman–Crippen LogP) is 6.87. The predicted molar refractivity (Wildman–Crippen MR) is 128 cm³/mol. The molecule has 0 aliphatic heterocycles. The van der Waals surface area contributed by atoms with Crippen LogP contribution in [0, 0.1) is 0 Å². The molecule has 0 amide bonds. The number of H-pyrrole nitrogens is 1. The van der Waals surface area contributed by atoms with E-state index in [0.29, 0.717) is 17.5 Å². The highest BCUT2D eigenvalue weighted by Gasteiger charge is 2.16. The molecule has 2 aromatic carbocycles. The fourth-order valence-electron chi connectivity index (χ4n) is 4.80. The number of rotatable bonds is 6. The van der Waals surface area contributed by atoms with Crippen molar-refractivity contribution >= 4 is 28.5 Å². The monoisotopic (exact) mass is 447 g/mol. The number of aryl methyl sites for hydroxylation is 1. The largest absolute Gasteiger partial charge is 0.481 e. The number of aliphatic carboxylic acids is 1. The zero-order valence-corrected chi connectivity index (χ0v) is 18.6. The average Bonchev–Trinajstić information content (AvgIpc) is 3.43. The molecule has 0 unspecified atom stereocenters. The summed E-state index contributed by atoms with van der Waals surface area (Å²) in [4.78, 5) is 10.9. The number of carbonyl (C=O) groups is 1. The SMILES string of the molecule is O=C(O)CCn1cc(Cl)c2cc(-c3cc(-c4ccc(C5CCCCC5)cc4)[nH]n3)ccc21. The lowest BCUT2D eigenvalue weighted by atomic mass is 9.84. The van der Waals surface area contributed by atoms with Crippen molar-refractivity contribution in [3.63, 3.8) is 0 Å². The molecule has 4 aromatic rings. The van der Waals surface area contributed by atoms with Crippen molar-refractivity contribution in [1.29, 1.82) is 0 Å². The maximum Gasteiger partial charge on any atom is 0.305 e. The first-order chi connectivity index (χ1) is 15.6. The molecule has 1 fully saturated rings. The van der Waals surface area contributed by atoms with E-state index in [9.17, 15) is 4.79 Å². The summed E-state index contributed by atoms with van der Waals surface area (Å²) in [7, 11) is 0. The summed E-state index contributed by atoms with van der Waals surface area (Å²) in [5, 5.41) is 18.2. The quantitative estimate of drug-likeness (QED) is 0.338. The highest BCUT2D eigenvalue weighted by Crippen LogP contribution is 2.34. The number of aromatic nitrogens is 3. The minimum Gasteiger partial charge on any atom is -0.481 e. The fourth-order valence-corrected chi connectivity index (χ4v) is 5.07. The van der Waals surface area contributed by atoms with E-state index < -0.39 is 5.97 Å². The van der Waals surface area contributed by atoms with E-state index in [1.54, 1.807) is 6.20 Å². The topological polar surface area (TPSA) is 70.9 Å². The van der Waals surface area contributed by atoms with E-state index in [4.69, 9.17) is 16.7 Å². The standard InChI is InChI=1S/C26H26ClN3O2/c27-22-16-30(13-12-26(31)32)25-11-10-20(14-21(22)25)24-15-23(28-29-24)19-8-6-18(7-9-19)17-4-2-1-3-5-17/h6-11,14-17H,1-5,12-13H2,(H,28,29)(H,31,32). The molecule has 2 heterocycles. The van der Waals surface area contributed by atoms with Crippen molar-refractivity contribution in [2.45, 2.75) is 51.0 Å². The van der Waals surface area contributed by atoms with Gasteiger partial charge >= 0.3 is 5.97 Å². The Balaban J connectivity index is 1.38. The molecular weight excluding hydrogens is 422 g/mol. The summed E-state index contributed by atoms with van der Waals surface area (Å²) >= 11 is 6.44. The number of fused-ring (bicyclic) bond motifs is 1. The first-order valence-corrected chi connectivity index (χ1v) is 11.6. The van der Waals surface area contributed by atoms with Gasteiger partial charge in [0.15, 0.2) is 0 Å². The molecule has 164 valence electrons. The van der Waals surface area contributed by atoms with Crippen molar-refractivity contribution in [2.75, 3.05) is 0 Å². The zero-order valence-electron chi connectivity index (χ0n) is 17.9. The fraction of sp³-hybridized carbons (Fsp3) is 0.308. The number of halogens is 1. The molecule has 0 spiro atoms. The van der Waals surface area contributed by atoms with Crippen molar-refractivity contribution < 1.29 is 9.90 Å². The van der Waals surface area contributed by atoms with Crippen LogP contribution in [-0.4, -0.2) is 25.8 Å². The van der Waals surface area contributed by atoms with Crippen LogP contribution in [0.3, 0.4) is 0 Å². The van der Waals surface area contributed by atoms with Crippen LogP contribution in [0.2, 0.25) is 5.02 Å². The highest BCUT2D eigenvalue weighted by atomic mass is 35.5. The van der Waals surface area contributed by atoms with Gasteiger partial charge in [0, 0.05) is 29.2 Å². The zero-order chi connectivity index (χ0) is 22.1. The molecule has 1 aliphatic carbocycles. The first-order valence-electron chi connectivity index (χ1n) is 11.2. The molecule has 5 rings (SSSR count). The molecule has 1 saturated carbocycles. The van der Waals surface area contributed by atoms with Crippen LogP contribution in [0.15, 0.2) is 54.7 Å². The van der Waals surface area contributed by atoms with E-state index in [-0.39, 0.29) is 6.42 Å². The van der Waals surface area contributed by atoms with Gasteiger partial charge in [0.2, 0.25) is 0 Å². The van der Waals surface area contributed by atoms with Gasteiger partial charge < -0.3 is 9.67 Å². The first kappa shape index (κ1) is 20.8. The van der Waals surface area contributed by atoms with Crippen LogP contribution in [0.5, 0.6) is 0 Å². The van der Waals surface area contributed by atoms with Crippen molar-refractivity contribution in [3.05, 3.63) is 65.3 Å². The van der Waals surface area contributed by atoms with Crippen LogP contribution in [-0.2, 0) is 11.3 Å². The molecular formula is C26H26ClN3O2. The van der Waals surface area contributed by atoms with Gasteiger partial charge in [-0.25, -0.2) is 0 Å². The molecule has 1 aliphatic rings. The Morgan fingerprint density at radius 1 is 1.06 bits per heavy atom. The molecule has 0 saturated heterocycles. The number of hydrogen-bond acceptors (Lipinski definition) is 2. The van der Waals surface area contributed by atoms with Crippen LogP contribution in [0.4, 0.5) is 0 Å². The van der Waals surface area contributed by atoms with E-state index in [1.165, 1.54) is 37.7 Å². The van der Waals surface area contributed by atoms with Crippen LogP contribution in [0.1, 0.15) is 50.0 Å². The van der Waals surface area contributed by atoms with Gasteiger partial charge in [-0.2, -0.15) is 5.10 Å². The van der Waals surface area contributed by atoms with Crippen molar-refractivity contribution in [2.24, 2.45) is 0 Å². The second-order valence-electron chi connectivity index (χ2n) is 8.67. The second-order valence-corrected chi connectivity index (χ2v) is 9.08. The second kappa shape index (κ2) is 8.83. The van der Waals surface area contributed by atoms with Gasteiger partial charge in [-0.15, -0.1) is 0 Å². The third kappa shape index (κ3) is 4.17. The number of carboxylic acid groups (broad SMARTS) is 1. The summed E-state index contributed by atoms with van der Waals surface area (Å²) in [5.74, 6) is -0.121. The lowest BCUT2D eigenvalue weighted by Crippen LogP contribution is -2.04. The normalized spacial score (nSPS) is 14.8. The van der Waals surface area contributed by atoms with Gasteiger partial charge in [-0.3, -0.25) is 9.89 Å². The Morgan fingerprint density at radius 3 is 2.56 bits per heavy atom. The Morgan fingerprint density at radius 2 is 1.81 bits per heavy atom. The summed E-state index contributed by atoms with van der Waals surface area (Å²) in [6.07, 6.45) is 8.51. The van der Waals surface area contributed by atoms with Crippen LogP contribution in [0.25, 0.3) is 33.4 Å². The number of benzene rings is 2. The molecule has 2 aromatic heterocycles. The smallest absolute Gasteiger partial charge is 0.305 e. The minimum absolute atomic E-state index is 0.0596. The van der Waals surface area contributed by atoms with E-state index >= 15 is 0 Å². The van der Waals surface area contributed by atoms with E-state index in [2.05, 4.69) is 40.5 Å². The molecule has 0 bridgehead atoms. The Bertz CT molecular complexity index is 1250. The summed E-state index contributed by atoms with van der Waals surface area (Å²) in [5.41, 5.74) is 6.31. The lowest BCUT2D eigenvalue weighted by molar-refractivity contribution is -0.137. The van der Waals surface area contributed by atoms with E-state index in [1.807, 2.05) is 22.8 Å². The molecule has 2 N–H and O–H groups in total. The highest BCUT2D eigenvalue weighted by molar-refractivity contribution is 6.35. The molecule has 0 atom stereocenters. The van der Waals surface area contributed by atoms with E-state index in [0.717, 1.165) is 33.4 Å². The van der Waals surface area contributed by atoms with Gasteiger partial charge in [0.05, 0.1) is 22.8 Å². The summed E-state index contributed by atoms with van der Waals surface area (Å²) < 4.78 is 1.89. The Kier molecular flexibility index (Phi) is 5.75. The number of carboxylic acids is 1. The van der Waals surface area contributed by atoms with Crippen LogP contribution >= 0.6 is 11.6 Å². The van der Waals surface area contributed by atoms with Gasteiger partial charge in [0.1, 0.15) is 0 Å². The van der Waals surface area contributed by atoms with Crippen molar-refractivity contribution in [1.82, 2.24) is 14.8 Å². The lowest BCUT2D eigenvalue weighted by Gasteiger charge is -2.22. The minimum atomic E-state index is -0.824. The van der Waals surface area contributed by atoms with Crippen molar-refractivity contribution in [3.8, 4) is 22.5 Å². The number of nitrogens with one attached hydrogen (secondary N) is 1. The number of nitrogens with zero attached hydrogens (tertiary/aromatic N) is 2. The van der Waals surface area contributed by atoms with Gasteiger partial charge in [0.25, 0.3) is 0 Å². The Labute approximate surface area is 192 Å². The summed E-state index contributed by atoms with van der Waals surface area (Å²) in [6.45, 7) is 0.390. The maximum atomic E-state index is 10.9.